The zero-order valence-electron chi connectivity index (χ0n) is 13.4. The molecule has 0 heterocycles. The fourth-order valence-corrected chi connectivity index (χ4v) is 2.97. The molecule has 1 fully saturated rings. The quantitative estimate of drug-likeness (QED) is 0.411. The average molecular weight is 299 g/mol. The van der Waals surface area contributed by atoms with Crippen molar-refractivity contribution in [2.75, 3.05) is 19.8 Å². The van der Waals surface area contributed by atoms with Crippen molar-refractivity contribution in [1.82, 2.24) is 5.32 Å². The second-order valence-electron chi connectivity index (χ2n) is 6.09. The van der Waals surface area contributed by atoms with Crippen molar-refractivity contribution in [3.8, 4) is 0 Å². The largest absolute Gasteiger partial charge is 0.447 e. The second-order valence-corrected chi connectivity index (χ2v) is 6.09. The molecule has 0 aromatic heterocycles. The third-order valence-corrected chi connectivity index (χ3v) is 4.12. The number of ether oxygens (including phenoxy) is 2. The number of amides is 1. The summed E-state index contributed by atoms with van der Waals surface area (Å²) in [5.41, 5.74) is 0.528. The van der Waals surface area contributed by atoms with E-state index in [4.69, 9.17) is 9.47 Å². The number of hydrogen-bond donors (Lipinski definition) is 2. The first-order valence-corrected chi connectivity index (χ1v) is 7.79. The van der Waals surface area contributed by atoms with Crippen LogP contribution in [-0.2, 0) is 9.47 Å². The summed E-state index contributed by atoms with van der Waals surface area (Å²) in [5, 5.41) is 12.2. The molecule has 0 bridgehead atoms. The third kappa shape index (κ3) is 6.48. The lowest BCUT2D eigenvalue weighted by Gasteiger charge is -2.18. The molecule has 0 aliphatic heterocycles. The van der Waals surface area contributed by atoms with Gasteiger partial charge in [-0.3, -0.25) is 0 Å². The van der Waals surface area contributed by atoms with Crippen LogP contribution in [0.25, 0.3) is 0 Å². The molecule has 0 saturated heterocycles. The van der Waals surface area contributed by atoms with E-state index in [1.165, 1.54) is 19.3 Å². The molecule has 5 nitrogen and oxygen atoms in total. The monoisotopic (exact) mass is 299 g/mol. The number of rotatable bonds is 8. The smallest absolute Gasteiger partial charge is 0.407 e. The van der Waals surface area contributed by atoms with Crippen molar-refractivity contribution in [3.63, 3.8) is 0 Å². The van der Waals surface area contributed by atoms with E-state index in [9.17, 15) is 9.90 Å². The highest BCUT2D eigenvalue weighted by atomic mass is 16.6. The maximum atomic E-state index is 11.6. The lowest BCUT2D eigenvalue weighted by Crippen LogP contribution is -2.32. The van der Waals surface area contributed by atoms with E-state index in [-0.39, 0.29) is 13.2 Å². The zero-order valence-corrected chi connectivity index (χ0v) is 13.4. The van der Waals surface area contributed by atoms with Gasteiger partial charge in [-0.2, -0.15) is 0 Å². The van der Waals surface area contributed by atoms with E-state index < -0.39 is 12.4 Å². The number of aliphatic hydroxyl groups is 1. The van der Waals surface area contributed by atoms with Crippen LogP contribution in [0.2, 0.25) is 0 Å². The number of hydrogen-bond acceptors (Lipinski definition) is 4. The number of carbonyl (C=O) groups excluding carboxylic acids is 1. The molecule has 0 spiro atoms. The van der Waals surface area contributed by atoms with E-state index >= 15 is 0 Å². The first-order chi connectivity index (χ1) is 9.93. The number of alkyl carbamates (subject to hydrolysis) is 1. The molecule has 21 heavy (non-hydrogen) atoms. The van der Waals surface area contributed by atoms with Crippen LogP contribution in [0.15, 0.2) is 12.2 Å². The molecule has 2 N–H and O–H groups in total. The number of carbonyl (C=O) groups is 1. The number of aliphatic hydroxyl groups excluding tert-OH is 1. The van der Waals surface area contributed by atoms with Gasteiger partial charge in [-0.15, -0.1) is 0 Å². The summed E-state index contributed by atoms with van der Waals surface area (Å²) in [4.78, 5) is 11.6. The molecule has 1 amide bonds. The lowest BCUT2D eigenvalue weighted by atomic mass is 9.94. The fraction of sp³-hybridized carbons (Fsp3) is 0.812. The molecule has 122 valence electrons. The van der Waals surface area contributed by atoms with Crippen molar-refractivity contribution in [3.05, 3.63) is 12.2 Å². The van der Waals surface area contributed by atoms with Crippen LogP contribution >= 0.6 is 0 Å². The minimum atomic E-state index is -0.998. The van der Waals surface area contributed by atoms with E-state index in [0.717, 1.165) is 5.92 Å². The Hall–Kier alpha value is -1.07. The minimum Gasteiger partial charge on any atom is -0.447 e. The third-order valence-electron chi connectivity index (χ3n) is 4.12. The predicted molar refractivity (Wildman–Crippen MR) is 81.8 cm³/mol. The molecule has 4 unspecified atom stereocenters. The Kier molecular flexibility index (Phi) is 7.75. The molecule has 1 aliphatic carbocycles. The van der Waals surface area contributed by atoms with Gasteiger partial charge in [-0.1, -0.05) is 26.8 Å². The molecule has 0 aromatic rings. The van der Waals surface area contributed by atoms with E-state index in [1.54, 1.807) is 6.92 Å². The first kappa shape index (κ1) is 18.0. The van der Waals surface area contributed by atoms with Crippen molar-refractivity contribution in [2.45, 2.75) is 46.3 Å². The van der Waals surface area contributed by atoms with Crippen molar-refractivity contribution < 1.29 is 19.4 Å². The standard InChI is InChI=1S/C16H29NO4/c1-5-13-8-12(4)9-14(13)10-17-16(19)21-7-6-20-15(18)11(2)3/h12-15,18H,2,5-10H2,1,3-4H3,(H,17,19). The van der Waals surface area contributed by atoms with Crippen molar-refractivity contribution in [2.24, 2.45) is 17.8 Å². The van der Waals surface area contributed by atoms with Crippen LogP contribution in [0, 0.1) is 17.8 Å². The summed E-state index contributed by atoms with van der Waals surface area (Å²) in [6, 6.07) is 0. The van der Waals surface area contributed by atoms with Gasteiger partial charge in [0.1, 0.15) is 6.61 Å². The van der Waals surface area contributed by atoms with E-state index in [2.05, 4.69) is 25.7 Å². The molecular formula is C16H29NO4. The average Bonchev–Trinajstić information content (AvgIpc) is 2.81. The normalized spacial score (nSPS) is 26.4. The maximum Gasteiger partial charge on any atom is 0.407 e. The van der Waals surface area contributed by atoms with Crippen molar-refractivity contribution >= 4 is 6.09 Å². The molecule has 1 rings (SSSR count). The SMILES string of the molecule is C=C(C)C(O)OCCOC(=O)NCC1CC(C)CC1CC. The van der Waals surface area contributed by atoms with Crippen LogP contribution in [0.5, 0.6) is 0 Å². The van der Waals surface area contributed by atoms with Gasteiger partial charge in [0.25, 0.3) is 0 Å². The summed E-state index contributed by atoms with van der Waals surface area (Å²) in [7, 11) is 0. The van der Waals surface area contributed by atoms with Gasteiger partial charge in [0, 0.05) is 6.54 Å². The Morgan fingerprint density at radius 3 is 2.67 bits per heavy atom. The summed E-state index contributed by atoms with van der Waals surface area (Å²) in [6.45, 7) is 10.7. The zero-order chi connectivity index (χ0) is 15.8. The summed E-state index contributed by atoms with van der Waals surface area (Å²) in [5.74, 6) is 2.00. The molecule has 5 heteroatoms. The Morgan fingerprint density at radius 2 is 2.05 bits per heavy atom. The second kappa shape index (κ2) is 9.05. The van der Waals surface area contributed by atoms with Gasteiger partial charge in [0.15, 0.2) is 6.29 Å². The Labute approximate surface area is 127 Å². The Bertz CT molecular complexity index is 345. The van der Waals surface area contributed by atoms with Gasteiger partial charge in [0.05, 0.1) is 6.61 Å². The van der Waals surface area contributed by atoms with E-state index in [0.29, 0.717) is 24.0 Å². The van der Waals surface area contributed by atoms with Gasteiger partial charge >= 0.3 is 6.09 Å². The summed E-state index contributed by atoms with van der Waals surface area (Å²) in [6.07, 6.45) is 2.18. The van der Waals surface area contributed by atoms with Crippen LogP contribution in [-0.4, -0.2) is 37.2 Å². The summed E-state index contributed by atoms with van der Waals surface area (Å²) < 4.78 is 10.0. The molecule has 0 aromatic carbocycles. The van der Waals surface area contributed by atoms with Crippen LogP contribution in [0.4, 0.5) is 4.79 Å². The Balaban J connectivity index is 2.12. The molecule has 0 radical (unpaired) electrons. The van der Waals surface area contributed by atoms with Crippen LogP contribution in [0.3, 0.4) is 0 Å². The lowest BCUT2D eigenvalue weighted by molar-refractivity contribution is -0.0817. The highest BCUT2D eigenvalue weighted by Gasteiger charge is 2.30. The van der Waals surface area contributed by atoms with Gasteiger partial charge < -0.3 is 19.9 Å². The molecule has 1 aliphatic rings. The first-order valence-electron chi connectivity index (χ1n) is 7.79. The van der Waals surface area contributed by atoms with Gasteiger partial charge in [0.2, 0.25) is 0 Å². The highest BCUT2D eigenvalue weighted by Crippen LogP contribution is 2.37. The van der Waals surface area contributed by atoms with Crippen LogP contribution < -0.4 is 5.32 Å². The molecule has 4 atom stereocenters. The fourth-order valence-electron chi connectivity index (χ4n) is 2.97. The minimum absolute atomic E-state index is 0.119. The van der Waals surface area contributed by atoms with Crippen molar-refractivity contribution in [1.29, 1.82) is 0 Å². The molecular weight excluding hydrogens is 270 g/mol. The number of nitrogens with one attached hydrogen (secondary N) is 1. The van der Waals surface area contributed by atoms with Crippen LogP contribution in [0.1, 0.15) is 40.0 Å². The predicted octanol–water partition coefficient (Wildman–Crippen LogP) is 2.70. The Morgan fingerprint density at radius 1 is 1.38 bits per heavy atom. The summed E-state index contributed by atoms with van der Waals surface area (Å²) >= 11 is 0. The highest BCUT2D eigenvalue weighted by molar-refractivity contribution is 5.67. The van der Waals surface area contributed by atoms with E-state index in [1.807, 2.05) is 0 Å². The van der Waals surface area contributed by atoms with Gasteiger partial charge in [-0.05, 0) is 43.1 Å². The molecule has 1 saturated carbocycles. The maximum absolute atomic E-state index is 11.6. The van der Waals surface area contributed by atoms with Gasteiger partial charge in [-0.25, -0.2) is 4.79 Å². The topological polar surface area (TPSA) is 67.8 Å².